The lowest BCUT2D eigenvalue weighted by Crippen LogP contribution is -2.14. The molecule has 0 bridgehead atoms. The van der Waals surface area contributed by atoms with E-state index in [-0.39, 0.29) is 10.8 Å². The maximum absolute atomic E-state index is 5.73. The van der Waals surface area contributed by atoms with Gasteiger partial charge in [0.25, 0.3) is 0 Å². The van der Waals surface area contributed by atoms with Crippen molar-refractivity contribution in [2.75, 3.05) is 28.4 Å². The molecule has 2 aromatic rings. The number of benzene rings is 2. The molecule has 2 rings (SSSR count). The third kappa shape index (κ3) is 4.98. The van der Waals surface area contributed by atoms with Crippen LogP contribution in [-0.4, -0.2) is 28.4 Å². The van der Waals surface area contributed by atoms with Crippen molar-refractivity contribution >= 4 is 0 Å². The third-order valence-corrected chi connectivity index (χ3v) is 5.20. The number of ether oxygens (including phenoxy) is 4. The highest BCUT2D eigenvalue weighted by Gasteiger charge is 2.24. The maximum Gasteiger partial charge on any atom is 0.123 e. The van der Waals surface area contributed by atoms with E-state index in [9.17, 15) is 0 Å². The molecule has 0 atom stereocenters. The Labute approximate surface area is 176 Å². The van der Waals surface area contributed by atoms with E-state index in [1.54, 1.807) is 28.4 Å². The van der Waals surface area contributed by atoms with Crippen molar-refractivity contribution in [2.45, 2.75) is 58.8 Å². The topological polar surface area (TPSA) is 36.9 Å². The molecule has 0 aliphatic heterocycles. The molecule has 0 aliphatic rings. The van der Waals surface area contributed by atoms with Gasteiger partial charge < -0.3 is 18.9 Å². The van der Waals surface area contributed by atoms with Crippen LogP contribution in [0.15, 0.2) is 24.3 Å². The molecule has 0 aliphatic carbocycles. The Balaban J connectivity index is 2.61. The van der Waals surface area contributed by atoms with E-state index >= 15 is 0 Å². The second-order valence-corrected chi connectivity index (χ2v) is 9.41. The lowest BCUT2D eigenvalue weighted by Gasteiger charge is -2.25. The highest BCUT2D eigenvalue weighted by Crippen LogP contribution is 2.41. The summed E-state index contributed by atoms with van der Waals surface area (Å²) < 4.78 is 22.9. The fraction of sp³-hybridized carbons (Fsp3) is 0.520. The fourth-order valence-electron chi connectivity index (χ4n) is 3.58. The molecule has 160 valence electrons. The summed E-state index contributed by atoms with van der Waals surface area (Å²) in [5.74, 6) is 3.42. The molecule has 0 saturated carbocycles. The van der Waals surface area contributed by atoms with E-state index in [4.69, 9.17) is 18.9 Å². The Hall–Kier alpha value is -2.36. The second-order valence-electron chi connectivity index (χ2n) is 9.41. The average Bonchev–Trinajstić information content (AvgIpc) is 2.65. The molecule has 0 saturated heterocycles. The van der Waals surface area contributed by atoms with Gasteiger partial charge in [-0.1, -0.05) is 41.5 Å². The monoisotopic (exact) mass is 400 g/mol. The van der Waals surface area contributed by atoms with Gasteiger partial charge in [0, 0.05) is 28.7 Å². The Morgan fingerprint density at radius 2 is 0.828 bits per heavy atom. The van der Waals surface area contributed by atoms with E-state index < -0.39 is 0 Å². The van der Waals surface area contributed by atoms with Crippen molar-refractivity contribution in [2.24, 2.45) is 0 Å². The average molecular weight is 401 g/mol. The molecule has 29 heavy (non-hydrogen) atoms. The zero-order valence-electron chi connectivity index (χ0n) is 19.6. The van der Waals surface area contributed by atoms with Crippen LogP contribution in [0, 0.1) is 0 Å². The van der Waals surface area contributed by atoms with E-state index in [0.717, 1.165) is 45.3 Å². The highest BCUT2D eigenvalue weighted by atomic mass is 16.5. The van der Waals surface area contributed by atoms with Gasteiger partial charge in [0.05, 0.1) is 28.4 Å². The largest absolute Gasteiger partial charge is 0.496 e. The van der Waals surface area contributed by atoms with Crippen molar-refractivity contribution in [3.8, 4) is 23.0 Å². The maximum atomic E-state index is 5.73. The van der Waals surface area contributed by atoms with Gasteiger partial charge in [0.1, 0.15) is 23.0 Å². The molecular weight excluding hydrogens is 364 g/mol. The molecule has 0 amide bonds. The summed E-state index contributed by atoms with van der Waals surface area (Å²) in [7, 11) is 6.83. The first-order valence-electron chi connectivity index (χ1n) is 9.97. The van der Waals surface area contributed by atoms with Crippen LogP contribution in [0.5, 0.6) is 23.0 Å². The van der Waals surface area contributed by atoms with Crippen LogP contribution in [0.3, 0.4) is 0 Å². The molecule has 0 aromatic heterocycles. The normalized spacial score (nSPS) is 11.9. The first-order chi connectivity index (χ1) is 13.5. The van der Waals surface area contributed by atoms with Crippen LogP contribution in [-0.2, 0) is 17.3 Å². The van der Waals surface area contributed by atoms with E-state index in [1.807, 2.05) is 0 Å². The Morgan fingerprint density at radius 3 is 1.07 bits per heavy atom. The van der Waals surface area contributed by atoms with Gasteiger partial charge in [0.15, 0.2) is 0 Å². The second kappa shape index (κ2) is 8.56. The number of hydrogen-bond donors (Lipinski definition) is 0. The molecular formula is C25H36O4. The van der Waals surface area contributed by atoms with Crippen molar-refractivity contribution in [3.05, 3.63) is 46.5 Å². The fourth-order valence-corrected chi connectivity index (χ4v) is 3.58. The summed E-state index contributed by atoms with van der Waals surface area (Å²) in [6, 6.07) is 8.31. The Morgan fingerprint density at radius 1 is 0.517 bits per heavy atom. The van der Waals surface area contributed by atoms with Crippen LogP contribution in [0.4, 0.5) is 0 Å². The van der Waals surface area contributed by atoms with Crippen LogP contribution in [0.1, 0.15) is 63.8 Å². The minimum atomic E-state index is -0.0492. The predicted molar refractivity (Wildman–Crippen MR) is 119 cm³/mol. The van der Waals surface area contributed by atoms with E-state index in [1.165, 1.54) is 0 Å². The smallest absolute Gasteiger partial charge is 0.123 e. The minimum Gasteiger partial charge on any atom is -0.496 e. The summed E-state index contributed by atoms with van der Waals surface area (Å²) in [5.41, 5.74) is 4.22. The molecule has 4 nitrogen and oxygen atoms in total. The first kappa shape index (κ1) is 22.9. The third-order valence-electron chi connectivity index (χ3n) is 5.20. The van der Waals surface area contributed by atoms with Gasteiger partial charge in [-0.2, -0.15) is 0 Å². The quantitative estimate of drug-likeness (QED) is 0.604. The molecule has 0 spiro atoms. The Kier molecular flexibility index (Phi) is 6.77. The number of methoxy groups -OCH3 is 4. The summed E-state index contributed by atoms with van der Waals surface area (Å²) in [6.07, 6.45) is 0.647. The molecule has 2 aromatic carbocycles. The predicted octanol–water partition coefficient (Wildman–Crippen LogP) is 5.91. The summed E-state index contributed by atoms with van der Waals surface area (Å²) in [5, 5.41) is 0. The van der Waals surface area contributed by atoms with Crippen molar-refractivity contribution in [1.82, 2.24) is 0 Å². The Bertz CT molecular complexity index is 783. The summed E-state index contributed by atoms with van der Waals surface area (Å²) in [6.45, 7) is 13.0. The lowest BCUT2D eigenvalue weighted by atomic mass is 9.84. The van der Waals surface area contributed by atoms with E-state index in [2.05, 4.69) is 65.8 Å². The zero-order chi connectivity index (χ0) is 22.0. The summed E-state index contributed by atoms with van der Waals surface area (Å²) in [4.78, 5) is 0. The highest BCUT2D eigenvalue weighted by molar-refractivity contribution is 5.55. The van der Waals surface area contributed by atoms with Gasteiger partial charge in [0.2, 0.25) is 0 Å². The van der Waals surface area contributed by atoms with Crippen molar-refractivity contribution in [3.63, 3.8) is 0 Å². The SMILES string of the molecule is COc1cc(C(C)(C)C)c(OC)cc1Cc1cc(OC)c(C(C)(C)C)cc1OC. The molecule has 0 fully saturated rings. The molecule has 0 radical (unpaired) electrons. The standard InChI is InChI=1S/C25H36O4/c1-24(2,3)18-14-20(26-7)16(12-22(18)28-9)11-17-13-23(29-10)19(25(4,5)6)15-21(17)27-8/h12-15H,11H2,1-10H3. The lowest BCUT2D eigenvalue weighted by molar-refractivity contribution is 0.381. The van der Waals surface area contributed by atoms with Gasteiger partial charge >= 0.3 is 0 Å². The van der Waals surface area contributed by atoms with Crippen molar-refractivity contribution in [1.29, 1.82) is 0 Å². The number of rotatable bonds is 6. The van der Waals surface area contributed by atoms with Gasteiger partial charge in [-0.25, -0.2) is 0 Å². The number of hydrogen-bond acceptors (Lipinski definition) is 4. The molecule has 0 heterocycles. The van der Waals surface area contributed by atoms with E-state index in [0.29, 0.717) is 6.42 Å². The van der Waals surface area contributed by atoms with Gasteiger partial charge in [-0.3, -0.25) is 0 Å². The molecule has 0 unspecified atom stereocenters. The van der Waals surface area contributed by atoms with Crippen LogP contribution >= 0.6 is 0 Å². The van der Waals surface area contributed by atoms with Crippen LogP contribution in [0.25, 0.3) is 0 Å². The first-order valence-corrected chi connectivity index (χ1v) is 9.97. The zero-order valence-corrected chi connectivity index (χ0v) is 19.6. The van der Waals surface area contributed by atoms with Crippen LogP contribution < -0.4 is 18.9 Å². The summed E-state index contributed by atoms with van der Waals surface area (Å²) >= 11 is 0. The minimum absolute atomic E-state index is 0.0492. The van der Waals surface area contributed by atoms with Gasteiger partial charge in [-0.15, -0.1) is 0 Å². The molecule has 0 N–H and O–H groups in total. The van der Waals surface area contributed by atoms with Gasteiger partial charge in [-0.05, 0) is 35.1 Å². The van der Waals surface area contributed by atoms with Crippen molar-refractivity contribution < 1.29 is 18.9 Å². The molecule has 4 heteroatoms. The van der Waals surface area contributed by atoms with Crippen LogP contribution in [0.2, 0.25) is 0 Å².